The topological polar surface area (TPSA) is 98.9 Å². The highest BCUT2D eigenvalue weighted by Gasteiger charge is 2.18. The lowest BCUT2D eigenvalue weighted by Crippen LogP contribution is -2.30. The lowest BCUT2D eigenvalue weighted by atomic mass is 10.1. The molecule has 0 atom stereocenters. The minimum Gasteiger partial charge on any atom is -0.457 e. The van der Waals surface area contributed by atoms with Crippen LogP contribution in [0, 0.1) is 5.82 Å². The molecule has 3 rings (SSSR count). The number of hydrogen-bond donors (Lipinski definition) is 1. The fourth-order valence-electron chi connectivity index (χ4n) is 3.64. The standard InChI is InChI=1S/C27H31FN2O5S/c1-34-36(32,33)25-16-14-24(15-17-25)35-26-8-5-4-7-22(26)20-30(27(31)9-3-2-6-18-29)19-21-10-12-23(28)13-11-21/h4-5,7-8,10-17H,2-3,6,9,18-20,29H2,1H3. The fraction of sp³-hybridized carbons (Fsp3) is 0.296. The second kappa shape index (κ2) is 13.2. The molecular formula is C27H31FN2O5S. The molecule has 2 N–H and O–H groups in total. The molecule has 0 aliphatic carbocycles. The van der Waals surface area contributed by atoms with E-state index in [9.17, 15) is 17.6 Å². The number of hydrogen-bond acceptors (Lipinski definition) is 6. The molecule has 0 spiro atoms. The van der Waals surface area contributed by atoms with E-state index in [4.69, 9.17) is 10.5 Å². The highest BCUT2D eigenvalue weighted by molar-refractivity contribution is 7.86. The van der Waals surface area contributed by atoms with Crippen LogP contribution in [0.3, 0.4) is 0 Å². The average molecular weight is 515 g/mol. The van der Waals surface area contributed by atoms with Crippen molar-refractivity contribution in [3.63, 3.8) is 0 Å². The number of unbranched alkanes of at least 4 members (excludes halogenated alkanes) is 2. The van der Waals surface area contributed by atoms with Crippen LogP contribution in [0.1, 0.15) is 36.8 Å². The van der Waals surface area contributed by atoms with Gasteiger partial charge in [-0.2, -0.15) is 8.42 Å². The molecule has 0 saturated carbocycles. The van der Waals surface area contributed by atoms with E-state index < -0.39 is 10.1 Å². The van der Waals surface area contributed by atoms with E-state index in [0.29, 0.717) is 37.6 Å². The zero-order valence-electron chi connectivity index (χ0n) is 20.2. The number of carbonyl (C=O) groups excluding carboxylic acids is 1. The second-order valence-corrected chi connectivity index (χ2v) is 9.99. The van der Waals surface area contributed by atoms with Gasteiger partial charge in [-0.25, -0.2) is 4.39 Å². The highest BCUT2D eigenvalue weighted by atomic mass is 32.2. The predicted octanol–water partition coefficient (Wildman–Crippen LogP) is 5.00. The van der Waals surface area contributed by atoms with Crippen molar-refractivity contribution < 1.29 is 26.5 Å². The third-order valence-electron chi connectivity index (χ3n) is 5.63. The van der Waals surface area contributed by atoms with Crippen LogP contribution >= 0.6 is 0 Å². The van der Waals surface area contributed by atoms with Gasteiger partial charge in [0.2, 0.25) is 5.91 Å². The molecule has 0 heterocycles. The van der Waals surface area contributed by atoms with Crippen molar-refractivity contribution in [3.8, 4) is 11.5 Å². The monoisotopic (exact) mass is 514 g/mol. The molecule has 0 aliphatic heterocycles. The largest absolute Gasteiger partial charge is 0.457 e. The van der Waals surface area contributed by atoms with Crippen molar-refractivity contribution in [1.82, 2.24) is 4.90 Å². The summed E-state index contributed by atoms with van der Waals surface area (Å²) < 4.78 is 47.7. The molecule has 192 valence electrons. The van der Waals surface area contributed by atoms with E-state index in [1.807, 2.05) is 18.2 Å². The first-order valence-corrected chi connectivity index (χ1v) is 13.1. The maximum atomic E-state index is 13.4. The fourth-order valence-corrected chi connectivity index (χ4v) is 4.30. The number of amides is 1. The number of para-hydroxylation sites is 1. The van der Waals surface area contributed by atoms with Gasteiger partial charge in [0.25, 0.3) is 10.1 Å². The Labute approximate surface area is 211 Å². The molecule has 0 bridgehead atoms. The summed E-state index contributed by atoms with van der Waals surface area (Å²) in [4.78, 5) is 14.9. The van der Waals surface area contributed by atoms with Gasteiger partial charge in [-0.3, -0.25) is 8.98 Å². The van der Waals surface area contributed by atoms with E-state index >= 15 is 0 Å². The van der Waals surface area contributed by atoms with Gasteiger partial charge >= 0.3 is 0 Å². The molecule has 0 aliphatic rings. The van der Waals surface area contributed by atoms with Crippen LogP contribution in [-0.2, 0) is 32.2 Å². The van der Waals surface area contributed by atoms with Crippen molar-refractivity contribution in [2.24, 2.45) is 5.73 Å². The van der Waals surface area contributed by atoms with Crippen LogP contribution in [0.25, 0.3) is 0 Å². The number of carbonyl (C=O) groups is 1. The van der Waals surface area contributed by atoms with Gasteiger partial charge in [-0.05, 0) is 67.4 Å². The number of nitrogens with zero attached hydrogens (tertiary/aromatic N) is 1. The maximum absolute atomic E-state index is 13.4. The number of rotatable bonds is 13. The highest BCUT2D eigenvalue weighted by Crippen LogP contribution is 2.28. The summed E-state index contributed by atoms with van der Waals surface area (Å²) in [6, 6.07) is 19.3. The predicted molar refractivity (Wildman–Crippen MR) is 135 cm³/mol. The van der Waals surface area contributed by atoms with Crippen molar-refractivity contribution in [1.29, 1.82) is 0 Å². The third-order valence-corrected chi connectivity index (χ3v) is 6.92. The van der Waals surface area contributed by atoms with Crippen molar-refractivity contribution in [2.75, 3.05) is 13.7 Å². The van der Waals surface area contributed by atoms with Crippen LogP contribution in [0.4, 0.5) is 4.39 Å². The van der Waals surface area contributed by atoms with Crippen LogP contribution in [0.2, 0.25) is 0 Å². The van der Waals surface area contributed by atoms with Gasteiger partial charge in [-0.15, -0.1) is 0 Å². The Balaban J connectivity index is 1.79. The van der Waals surface area contributed by atoms with Gasteiger partial charge in [0, 0.05) is 25.1 Å². The van der Waals surface area contributed by atoms with Crippen molar-refractivity contribution >= 4 is 16.0 Å². The minimum absolute atomic E-state index is 0.0136. The average Bonchev–Trinajstić information content (AvgIpc) is 2.88. The molecule has 7 nitrogen and oxygen atoms in total. The van der Waals surface area contributed by atoms with Gasteiger partial charge in [0.1, 0.15) is 17.3 Å². The van der Waals surface area contributed by atoms with Crippen LogP contribution < -0.4 is 10.5 Å². The molecular weight excluding hydrogens is 483 g/mol. The number of benzene rings is 3. The van der Waals surface area contributed by atoms with E-state index in [1.165, 1.54) is 24.3 Å². The van der Waals surface area contributed by atoms with E-state index in [0.717, 1.165) is 37.5 Å². The molecule has 3 aromatic carbocycles. The second-order valence-electron chi connectivity index (χ2n) is 8.28. The van der Waals surface area contributed by atoms with Crippen molar-refractivity contribution in [2.45, 2.75) is 43.7 Å². The maximum Gasteiger partial charge on any atom is 0.296 e. The van der Waals surface area contributed by atoms with Gasteiger partial charge < -0.3 is 15.4 Å². The van der Waals surface area contributed by atoms with Gasteiger partial charge in [0.05, 0.1) is 12.0 Å². The van der Waals surface area contributed by atoms with Crippen molar-refractivity contribution in [3.05, 3.63) is 89.7 Å². The van der Waals surface area contributed by atoms with Gasteiger partial charge in [0.15, 0.2) is 0 Å². The summed E-state index contributed by atoms with van der Waals surface area (Å²) in [6.45, 7) is 1.21. The molecule has 1 amide bonds. The molecule has 36 heavy (non-hydrogen) atoms. The number of halogens is 1. The third kappa shape index (κ3) is 7.87. The first kappa shape index (κ1) is 27.3. The molecule has 3 aromatic rings. The molecule has 9 heteroatoms. The van der Waals surface area contributed by atoms with E-state index in [-0.39, 0.29) is 16.6 Å². The SMILES string of the molecule is COS(=O)(=O)c1ccc(Oc2ccccc2CN(Cc2ccc(F)cc2)C(=O)CCCCCN)cc1. The molecule has 0 unspecified atom stereocenters. The van der Waals surface area contributed by atoms with Crippen LogP contribution in [0.15, 0.2) is 77.7 Å². The van der Waals surface area contributed by atoms with E-state index in [2.05, 4.69) is 4.18 Å². The zero-order valence-corrected chi connectivity index (χ0v) is 21.0. The zero-order chi connectivity index (χ0) is 26.0. The lowest BCUT2D eigenvalue weighted by Gasteiger charge is -2.24. The van der Waals surface area contributed by atoms with Crippen LogP contribution in [-0.4, -0.2) is 32.9 Å². The molecule has 0 saturated heterocycles. The summed E-state index contributed by atoms with van der Waals surface area (Å²) in [5, 5.41) is 0. The Morgan fingerprint density at radius 3 is 2.28 bits per heavy atom. The first-order valence-electron chi connectivity index (χ1n) is 11.7. The Bertz CT molecular complexity index is 1230. The summed E-state index contributed by atoms with van der Waals surface area (Å²) >= 11 is 0. The van der Waals surface area contributed by atoms with E-state index in [1.54, 1.807) is 35.2 Å². The quantitative estimate of drug-likeness (QED) is 0.255. The number of nitrogens with two attached hydrogens (primary N) is 1. The molecule has 0 aromatic heterocycles. The Kier molecular flexibility index (Phi) is 9.98. The normalized spacial score (nSPS) is 11.3. The first-order chi connectivity index (χ1) is 17.3. The Hall–Kier alpha value is -3.27. The summed E-state index contributed by atoms with van der Waals surface area (Å²) in [6.07, 6.45) is 2.87. The lowest BCUT2D eigenvalue weighted by molar-refractivity contribution is -0.132. The molecule has 0 fully saturated rings. The smallest absolute Gasteiger partial charge is 0.296 e. The Morgan fingerprint density at radius 1 is 0.917 bits per heavy atom. The minimum atomic E-state index is -3.80. The summed E-state index contributed by atoms with van der Waals surface area (Å²) in [7, 11) is -2.69. The summed E-state index contributed by atoms with van der Waals surface area (Å²) in [5.41, 5.74) is 7.16. The number of ether oxygens (including phenoxy) is 1. The van der Waals surface area contributed by atoms with Gasteiger partial charge in [-0.1, -0.05) is 36.8 Å². The molecule has 0 radical (unpaired) electrons. The summed E-state index contributed by atoms with van der Waals surface area (Å²) in [5.74, 6) is 0.636. The van der Waals surface area contributed by atoms with Crippen LogP contribution in [0.5, 0.6) is 11.5 Å². The Morgan fingerprint density at radius 2 is 1.61 bits per heavy atom.